The average molecular weight is 318 g/mol. The van der Waals surface area contributed by atoms with Crippen LogP contribution in [0.5, 0.6) is 0 Å². The standard InChI is InChI=1S/C19H27FN2O/c1-14(2)22-11-5-6-15(13-22)12-21-18(23)19(9-10-19)16-7-3-4-8-17(16)20/h3-4,7-8,14-15H,5-6,9-13H2,1-2H3,(H,21,23)/t15-/m0/s1. The Morgan fingerprint density at radius 2 is 2.13 bits per heavy atom. The molecule has 0 radical (unpaired) electrons. The van der Waals surface area contributed by atoms with Crippen LogP contribution in [-0.4, -0.2) is 36.5 Å². The van der Waals surface area contributed by atoms with Crippen LogP contribution in [0.1, 0.15) is 45.1 Å². The summed E-state index contributed by atoms with van der Waals surface area (Å²) in [6, 6.07) is 7.25. The van der Waals surface area contributed by atoms with Crippen LogP contribution in [0.3, 0.4) is 0 Å². The fourth-order valence-electron chi connectivity index (χ4n) is 3.73. The first-order valence-electron chi connectivity index (χ1n) is 8.80. The summed E-state index contributed by atoms with van der Waals surface area (Å²) in [5, 5.41) is 3.11. The molecule has 0 unspecified atom stereocenters. The average Bonchev–Trinajstić information content (AvgIpc) is 3.35. The van der Waals surface area contributed by atoms with Gasteiger partial charge in [0.05, 0.1) is 5.41 Å². The largest absolute Gasteiger partial charge is 0.355 e. The number of rotatable bonds is 5. The third-order valence-corrected chi connectivity index (χ3v) is 5.41. The normalized spacial score (nSPS) is 23.7. The second-order valence-corrected chi connectivity index (χ2v) is 7.37. The number of hydrogen-bond acceptors (Lipinski definition) is 2. The highest BCUT2D eigenvalue weighted by atomic mass is 19.1. The van der Waals surface area contributed by atoms with Gasteiger partial charge in [0.2, 0.25) is 5.91 Å². The van der Waals surface area contributed by atoms with Crippen molar-refractivity contribution in [2.24, 2.45) is 5.92 Å². The molecule has 3 rings (SSSR count). The molecule has 1 heterocycles. The van der Waals surface area contributed by atoms with Crippen molar-refractivity contribution in [1.29, 1.82) is 0 Å². The van der Waals surface area contributed by atoms with E-state index in [-0.39, 0.29) is 11.7 Å². The number of carbonyl (C=O) groups excluding carboxylic acids is 1. The Labute approximate surface area is 138 Å². The van der Waals surface area contributed by atoms with Crippen LogP contribution in [0.15, 0.2) is 24.3 Å². The Bertz CT molecular complexity index is 568. The van der Waals surface area contributed by atoms with Gasteiger partial charge in [-0.1, -0.05) is 18.2 Å². The molecular formula is C19H27FN2O. The molecule has 2 aliphatic rings. The summed E-state index contributed by atoms with van der Waals surface area (Å²) >= 11 is 0. The first kappa shape index (κ1) is 16.4. The van der Waals surface area contributed by atoms with Crippen LogP contribution in [-0.2, 0) is 10.2 Å². The van der Waals surface area contributed by atoms with E-state index >= 15 is 0 Å². The number of nitrogens with zero attached hydrogens (tertiary/aromatic N) is 1. The van der Waals surface area contributed by atoms with Crippen LogP contribution in [0.2, 0.25) is 0 Å². The fraction of sp³-hybridized carbons (Fsp3) is 0.632. The van der Waals surface area contributed by atoms with Crippen molar-refractivity contribution in [2.75, 3.05) is 19.6 Å². The van der Waals surface area contributed by atoms with Gasteiger partial charge < -0.3 is 10.2 Å². The van der Waals surface area contributed by atoms with Gasteiger partial charge in [0.1, 0.15) is 5.82 Å². The molecule has 2 fully saturated rings. The molecule has 0 bridgehead atoms. The van der Waals surface area contributed by atoms with Crippen molar-refractivity contribution in [3.63, 3.8) is 0 Å². The lowest BCUT2D eigenvalue weighted by atomic mass is 9.93. The predicted molar refractivity (Wildman–Crippen MR) is 89.8 cm³/mol. The number of nitrogens with one attached hydrogen (secondary N) is 1. The summed E-state index contributed by atoms with van der Waals surface area (Å²) in [6.07, 6.45) is 3.86. The van der Waals surface area contributed by atoms with Crippen LogP contribution < -0.4 is 5.32 Å². The van der Waals surface area contributed by atoms with Crippen molar-refractivity contribution in [1.82, 2.24) is 10.2 Å². The van der Waals surface area contributed by atoms with Gasteiger partial charge >= 0.3 is 0 Å². The molecule has 1 aromatic rings. The molecule has 0 spiro atoms. The molecule has 4 heteroatoms. The third kappa shape index (κ3) is 3.42. The monoisotopic (exact) mass is 318 g/mol. The molecule has 1 amide bonds. The molecule has 1 saturated heterocycles. The number of benzene rings is 1. The predicted octanol–water partition coefficient (Wildman–Crippen LogP) is 3.09. The molecule has 1 N–H and O–H groups in total. The number of carbonyl (C=O) groups is 1. The highest BCUT2D eigenvalue weighted by Crippen LogP contribution is 2.49. The number of piperidine rings is 1. The lowest BCUT2D eigenvalue weighted by Crippen LogP contribution is -2.45. The number of hydrogen-bond donors (Lipinski definition) is 1. The van der Waals surface area contributed by atoms with Crippen molar-refractivity contribution in [3.05, 3.63) is 35.6 Å². The van der Waals surface area contributed by atoms with Gasteiger partial charge in [-0.15, -0.1) is 0 Å². The maximum atomic E-state index is 14.0. The van der Waals surface area contributed by atoms with Gasteiger partial charge in [0, 0.05) is 24.7 Å². The van der Waals surface area contributed by atoms with E-state index in [0.717, 1.165) is 32.4 Å². The lowest BCUT2D eigenvalue weighted by Gasteiger charge is -2.35. The quantitative estimate of drug-likeness (QED) is 0.905. The van der Waals surface area contributed by atoms with Crippen molar-refractivity contribution in [3.8, 4) is 0 Å². The van der Waals surface area contributed by atoms with Gasteiger partial charge in [-0.25, -0.2) is 4.39 Å². The molecule has 1 saturated carbocycles. The zero-order valence-corrected chi connectivity index (χ0v) is 14.1. The van der Waals surface area contributed by atoms with Gasteiger partial charge in [-0.05, 0) is 58.1 Å². The van der Waals surface area contributed by atoms with E-state index in [9.17, 15) is 9.18 Å². The SMILES string of the molecule is CC(C)N1CCC[C@@H](CNC(=O)C2(c3ccccc3F)CC2)C1. The summed E-state index contributed by atoms with van der Waals surface area (Å²) < 4.78 is 14.0. The Morgan fingerprint density at radius 3 is 2.78 bits per heavy atom. The Balaban J connectivity index is 1.59. The lowest BCUT2D eigenvalue weighted by molar-refractivity contribution is -0.123. The number of halogens is 1. The fourth-order valence-corrected chi connectivity index (χ4v) is 3.73. The first-order valence-corrected chi connectivity index (χ1v) is 8.80. The summed E-state index contributed by atoms with van der Waals surface area (Å²) in [7, 11) is 0. The minimum absolute atomic E-state index is 0.00395. The second-order valence-electron chi connectivity index (χ2n) is 7.37. The van der Waals surface area contributed by atoms with Crippen molar-refractivity contribution in [2.45, 2.75) is 51.0 Å². The second kappa shape index (κ2) is 6.60. The molecule has 0 aromatic heterocycles. The molecule has 23 heavy (non-hydrogen) atoms. The van der Waals surface area contributed by atoms with Crippen LogP contribution >= 0.6 is 0 Å². The van der Waals surface area contributed by atoms with Gasteiger partial charge in [-0.3, -0.25) is 4.79 Å². The summed E-state index contributed by atoms with van der Waals surface area (Å²) in [5.74, 6) is 0.250. The Morgan fingerprint density at radius 1 is 1.39 bits per heavy atom. The zero-order valence-electron chi connectivity index (χ0n) is 14.1. The highest BCUT2D eigenvalue weighted by Gasteiger charge is 2.52. The van der Waals surface area contributed by atoms with E-state index in [0.29, 0.717) is 24.1 Å². The zero-order chi connectivity index (χ0) is 16.4. The summed E-state index contributed by atoms with van der Waals surface area (Å²) in [5.41, 5.74) is -0.0532. The maximum absolute atomic E-state index is 14.0. The van der Waals surface area contributed by atoms with E-state index < -0.39 is 5.41 Å². The molecule has 3 nitrogen and oxygen atoms in total. The Kier molecular flexibility index (Phi) is 4.72. The van der Waals surface area contributed by atoms with Gasteiger partial charge in [0.15, 0.2) is 0 Å². The van der Waals surface area contributed by atoms with E-state index in [1.165, 1.54) is 12.5 Å². The topological polar surface area (TPSA) is 32.3 Å². The van der Waals surface area contributed by atoms with E-state index in [1.54, 1.807) is 12.1 Å². The van der Waals surface area contributed by atoms with E-state index in [2.05, 4.69) is 24.1 Å². The van der Waals surface area contributed by atoms with E-state index in [4.69, 9.17) is 0 Å². The first-order chi connectivity index (χ1) is 11.0. The maximum Gasteiger partial charge on any atom is 0.230 e. The minimum Gasteiger partial charge on any atom is -0.355 e. The number of likely N-dealkylation sites (tertiary alicyclic amines) is 1. The molecule has 1 atom stereocenters. The van der Waals surface area contributed by atoms with Crippen molar-refractivity contribution >= 4 is 5.91 Å². The molecule has 1 aliphatic carbocycles. The molecular weight excluding hydrogens is 291 g/mol. The number of amides is 1. The van der Waals surface area contributed by atoms with Crippen LogP contribution in [0.25, 0.3) is 0 Å². The van der Waals surface area contributed by atoms with Crippen molar-refractivity contribution < 1.29 is 9.18 Å². The summed E-state index contributed by atoms with van der Waals surface area (Å²) in [6.45, 7) is 7.35. The van der Waals surface area contributed by atoms with Gasteiger partial charge in [0.25, 0.3) is 0 Å². The summed E-state index contributed by atoms with van der Waals surface area (Å²) in [4.78, 5) is 15.1. The smallest absolute Gasteiger partial charge is 0.230 e. The van der Waals surface area contributed by atoms with Crippen LogP contribution in [0.4, 0.5) is 4.39 Å². The molecule has 1 aromatic carbocycles. The van der Waals surface area contributed by atoms with Gasteiger partial charge in [-0.2, -0.15) is 0 Å². The van der Waals surface area contributed by atoms with Crippen LogP contribution in [0, 0.1) is 11.7 Å². The third-order valence-electron chi connectivity index (χ3n) is 5.41. The molecule has 126 valence electrons. The van der Waals surface area contributed by atoms with E-state index in [1.807, 2.05) is 6.07 Å². The Hall–Kier alpha value is -1.42. The molecule has 1 aliphatic heterocycles. The minimum atomic E-state index is -0.613. The highest BCUT2D eigenvalue weighted by molar-refractivity contribution is 5.91.